The average Bonchev–Trinajstić information content (AvgIpc) is 2.63. The number of aliphatic hydroxyl groups excluding tert-OH is 1. The molecule has 0 spiro atoms. The van der Waals surface area contributed by atoms with Gasteiger partial charge in [-0.15, -0.1) is 0 Å². The van der Waals surface area contributed by atoms with Crippen molar-refractivity contribution in [2.45, 2.75) is 25.9 Å². The Bertz CT molecular complexity index is 372. The van der Waals surface area contributed by atoms with Gasteiger partial charge in [-0.05, 0) is 18.9 Å². The lowest BCUT2D eigenvalue weighted by molar-refractivity contribution is -0.151. The maximum absolute atomic E-state index is 11.8. The van der Waals surface area contributed by atoms with E-state index in [1.165, 1.54) is 0 Å². The largest absolute Gasteiger partial charge is 0.465 e. The van der Waals surface area contributed by atoms with Crippen LogP contribution in [0, 0.1) is 5.41 Å². The zero-order chi connectivity index (χ0) is 11.6. The summed E-state index contributed by atoms with van der Waals surface area (Å²) in [7, 11) is 0. The topological polar surface area (TPSA) is 46.5 Å². The molecule has 0 aliphatic carbocycles. The molecule has 1 saturated heterocycles. The van der Waals surface area contributed by atoms with Gasteiger partial charge in [0.05, 0.1) is 12.7 Å². The highest BCUT2D eigenvalue weighted by molar-refractivity contribution is 5.79. The van der Waals surface area contributed by atoms with Crippen molar-refractivity contribution in [2.24, 2.45) is 5.41 Å². The quantitative estimate of drug-likeness (QED) is 0.786. The van der Waals surface area contributed by atoms with Crippen molar-refractivity contribution >= 4 is 5.97 Å². The maximum Gasteiger partial charge on any atom is 0.315 e. The van der Waals surface area contributed by atoms with Gasteiger partial charge in [-0.1, -0.05) is 30.3 Å². The summed E-state index contributed by atoms with van der Waals surface area (Å²) < 4.78 is 5.00. The van der Waals surface area contributed by atoms with E-state index in [1.54, 1.807) is 6.92 Å². The van der Waals surface area contributed by atoms with E-state index in [0.717, 1.165) is 5.56 Å². The minimum absolute atomic E-state index is 0.272. The van der Waals surface area contributed by atoms with Gasteiger partial charge in [0.2, 0.25) is 0 Å². The van der Waals surface area contributed by atoms with Crippen LogP contribution >= 0.6 is 0 Å². The summed E-state index contributed by atoms with van der Waals surface area (Å²) in [6, 6.07) is 9.74. The number of hydrogen-bond donors (Lipinski definition) is 1. The van der Waals surface area contributed by atoms with Crippen LogP contribution in [0.25, 0.3) is 0 Å². The number of aliphatic hydroxyl groups is 1. The number of hydrogen-bond acceptors (Lipinski definition) is 3. The monoisotopic (exact) mass is 220 g/mol. The van der Waals surface area contributed by atoms with Gasteiger partial charge in [0.25, 0.3) is 0 Å². The van der Waals surface area contributed by atoms with E-state index in [-0.39, 0.29) is 5.97 Å². The van der Waals surface area contributed by atoms with E-state index in [9.17, 15) is 9.90 Å². The smallest absolute Gasteiger partial charge is 0.315 e. The van der Waals surface area contributed by atoms with E-state index >= 15 is 0 Å². The van der Waals surface area contributed by atoms with Gasteiger partial charge in [-0.2, -0.15) is 0 Å². The third-order valence-corrected chi connectivity index (χ3v) is 3.35. The van der Waals surface area contributed by atoms with Gasteiger partial charge in [-0.3, -0.25) is 4.79 Å². The molecule has 0 saturated carbocycles. The van der Waals surface area contributed by atoms with Crippen LogP contribution in [0.15, 0.2) is 30.3 Å². The normalized spacial score (nSPS) is 26.5. The van der Waals surface area contributed by atoms with Crippen LogP contribution in [0.3, 0.4) is 0 Å². The fraction of sp³-hybridized carbons (Fsp3) is 0.462. The summed E-state index contributed by atoms with van der Waals surface area (Å²) in [5.74, 6) is -0.272. The lowest BCUT2D eigenvalue weighted by Crippen LogP contribution is -2.39. The standard InChI is InChI=1S/C13H16O3/c1-10(14)13(7-8-16-12(13)15)9-11-5-3-2-4-6-11/h2-6,10,14H,7-9H2,1H3/t10-,13+/m1/s1. The Labute approximate surface area is 95.0 Å². The molecular weight excluding hydrogens is 204 g/mol. The van der Waals surface area contributed by atoms with Crippen molar-refractivity contribution in [3.8, 4) is 0 Å². The van der Waals surface area contributed by atoms with Crippen molar-refractivity contribution in [2.75, 3.05) is 6.61 Å². The molecule has 2 rings (SSSR count). The van der Waals surface area contributed by atoms with Crippen LogP contribution in [0.4, 0.5) is 0 Å². The number of benzene rings is 1. The molecule has 0 radical (unpaired) electrons. The van der Waals surface area contributed by atoms with Crippen LogP contribution in [0.2, 0.25) is 0 Å². The molecule has 1 aromatic rings. The van der Waals surface area contributed by atoms with Crippen LogP contribution in [0.5, 0.6) is 0 Å². The van der Waals surface area contributed by atoms with Gasteiger partial charge >= 0.3 is 5.97 Å². The first-order chi connectivity index (χ1) is 7.65. The first-order valence-electron chi connectivity index (χ1n) is 5.54. The molecule has 3 heteroatoms. The van der Waals surface area contributed by atoms with Crippen molar-refractivity contribution < 1.29 is 14.6 Å². The minimum atomic E-state index is -0.749. The Kier molecular flexibility index (Phi) is 2.97. The van der Waals surface area contributed by atoms with Gasteiger partial charge in [0.15, 0.2) is 0 Å². The third kappa shape index (κ3) is 1.83. The number of ether oxygens (including phenoxy) is 1. The summed E-state index contributed by atoms with van der Waals surface area (Å²) in [6.45, 7) is 2.08. The van der Waals surface area contributed by atoms with Crippen molar-refractivity contribution in [3.05, 3.63) is 35.9 Å². The molecule has 86 valence electrons. The van der Waals surface area contributed by atoms with E-state index in [0.29, 0.717) is 19.4 Å². The molecule has 1 aliphatic heterocycles. The molecule has 1 heterocycles. The second-order valence-electron chi connectivity index (χ2n) is 4.38. The van der Waals surface area contributed by atoms with Crippen molar-refractivity contribution in [3.63, 3.8) is 0 Å². The third-order valence-electron chi connectivity index (χ3n) is 3.35. The Morgan fingerprint density at radius 1 is 1.44 bits per heavy atom. The second-order valence-corrected chi connectivity index (χ2v) is 4.38. The first kappa shape index (κ1) is 11.1. The zero-order valence-corrected chi connectivity index (χ0v) is 9.35. The predicted octanol–water partition coefficient (Wildman–Crippen LogP) is 1.54. The van der Waals surface area contributed by atoms with E-state index in [2.05, 4.69) is 0 Å². The van der Waals surface area contributed by atoms with E-state index in [1.807, 2.05) is 30.3 Å². The molecule has 2 atom stereocenters. The van der Waals surface area contributed by atoms with Gasteiger partial charge in [-0.25, -0.2) is 0 Å². The summed E-state index contributed by atoms with van der Waals surface area (Å²) in [5.41, 5.74) is 0.309. The molecule has 1 aromatic carbocycles. The second kappa shape index (κ2) is 4.26. The van der Waals surface area contributed by atoms with Gasteiger partial charge in [0, 0.05) is 6.42 Å². The lowest BCUT2D eigenvalue weighted by atomic mass is 9.76. The van der Waals surface area contributed by atoms with Crippen LogP contribution in [0.1, 0.15) is 18.9 Å². The highest BCUT2D eigenvalue weighted by atomic mass is 16.5. The van der Waals surface area contributed by atoms with E-state index in [4.69, 9.17) is 4.74 Å². The lowest BCUT2D eigenvalue weighted by Gasteiger charge is -2.27. The first-order valence-corrected chi connectivity index (χ1v) is 5.54. The highest BCUT2D eigenvalue weighted by Gasteiger charge is 2.48. The molecule has 0 amide bonds. The Morgan fingerprint density at radius 3 is 2.62 bits per heavy atom. The van der Waals surface area contributed by atoms with Crippen LogP contribution < -0.4 is 0 Å². The summed E-state index contributed by atoms with van der Waals surface area (Å²) in [4.78, 5) is 11.8. The van der Waals surface area contributed by atoms with Crippen LogP contribution in [-0.2, 0) is 16.0 Å². The summed E-state index contributed by atoms with van der Waals surface area (Å²) in [6.07, 6.45) is 0.464. The number of rotatable bonds is 3. The number of carbonyl (C=O) groups is 1. The fourth-order valence-electron chi connectivity index (χ4n) is 2.22. The fourth-order valence-corrected chi connectivity index (χ4v) is 2.22. The van der Waals surface area contributed by atoms with E-state index < -0.39 is 11.5 Å². The Morgan fingerprint density at radius 2 is 2.12 bits per heavy atom. The molecule has 0 bridgehead atoms. The Hall–Kier alpha value is -1.35. The SMILES string of the molecule is C[C@@H](O)[C@@]1(Cc2ccccc2)CCOC1=O. The molecule has 3 nitrogen and oxygen atoms in total. The van der Waals surface area contributed by atoms with Crippen molar-refractivity contribution in [1.82, 2.24) is 0 Å². The number of cyclic esters (lactones) is 1. The minimum Gasteiger partial charge on any atom is -0.465 e. The zero-order valence-electron chi connectivity index (χ0n) is 9.35. The van der Waals surface area contributed by atoms with Crippen LogP contribution in [-0.4, -0.2) is 23.8 Å². The highest BCUT2D eigenvalue weighted by Crippen LogP contribution is 2.37. The number of esters is 1. The molecule has 1 aliphatic rings. The van der Waals surface area contributed by atoms with Crippen molar-refractivity contribution in [1.29, 1.82) is 0 Å². The molecule has 0 aromatic heterocycles. The summed E-state index contributed by atoms with van der Waals surface area (Å²) >= 11 is 0. The average molecular weight is 220 g/mol. The predicted molar refractivity (Wildman–Crippen MR) is 59.8 cm³/mol. The number of carbonyl (C=O) groups excluding carboxylic acids is 1. The maximum atomic E-state index is 11.8. The summed E-state index contributed by atoms with van der Waals surface area (Å²) in [5, 5.41) is 9.83. The molecule has 1 N–H and O–H groups in total. The molecule has 1 fully saturated rings. The Balaban J connectivity index is 2.25. The molecular formula is C13H16O3. The molecule has 0 unspecified atom stereocenters. The van der Waals surface area contributed by atoms with Gasteiger partial charge < -0.3 is 9.84 Å². The molecule has 16 heavy (non-hydrogen) atoms. The van der Waals surface area contributed by atoms with Gasteiger partial charge in [0.1, 0.15) is 5.41 Å².